The summed E-state index contributed by atoms with van der Waals surface area (Å²) < 4.78 is 12.9. The molecule has 17 heavy (non-hydrogen) atoms. The summed E-state index contributed by atoms with van der Waals surface area (Å²) in [5.74, 6) is 2.80. The van der Waals surface area contributed by atoms with Crippen molar-refractivity contribution < 1.29 is 9.05 Å². The second-order valence-electron chi connectivity index (χ2n) is 3.66. The number of thioether (sulfide) groups is 1. The van der Waals surface area contributed by atoms with Gasteiger partial charge in [0.15, 0.2) is 11.5 Å². The molecule has 0 bridgehead atoms. The van der Waals surface area contributed by atoms with E-state index in [-0.39, 0.29) is 0 Å². The van der Waals surface area contributed by atoms with Gasteiger partial charge in [0.1, 0.15) is 0 Å². The average molecular weight is 286 g/mol. The van der Waals surface area contributed by atoms with Crippen molar-refractivity contribution in [3.8, 4) is 11.5 Å². The van der Waals surface area contributed by atoms with Gasteiger partial charge in [-0.1, -0.05) is 24.6 Å². The zero-order chi connectivity index (χ0) is 12.3. The van der Waals surface area contributed by atoms with Crippen molar-refractivity contribution in [1.29, 1.82) is 0 Å². The van der Waals surface area contributed by atoms with Crippen LogP contribution in [-0.2, 0) is 0 Å². The summed E-state index contributed by atoms with van der Waals surface area (Å²) in [6.07, 6.45) is 0. The molecule has 0 saturated heterocycles. The largest absolute Gasteiger partial charge is 0.427 e. The molecule has 0 aromatic heterocycles. The van der Waals surface area contributed by atoms with Gasteiger partial charge < -0.3 is 9.05 Å². The minimum atomic E-state index is -0.917. The minimum Gasteiger partial charge on any atom is -0.427 e. The molecule has 0 spiro atoms. The predicted octanol–water partition coefficient (Wildman–Crippen LogP) is 5.42. The van der Waals surface area contributed by atoms with Crippen LogP contribution in [0.3, 0.4) is 0 Å². The van der Waals surface area contributed by atoms with Gasteiger partial charge >= 0.3 is 7.58 Å². The fraction of sp³-hybridized carbons (Fsp3) is 0.333. The van der Waals surface area contributed by atoms with Crippen LogP contribution in [0.2, 0.25) is 0 Å². The summed E-state index contributed by atoms with van der Waals surface area (Å²) in [6, 6.07) is 7.84. The molecule has 0 amide bonds. The lowest BCUT2D eigenvalue weighted by Crippen LogP contribution is -1.83. The van der Waals surface area contributed by atoms with E-state index < -0.39 is 7.58 Å². The number of allylic oxidation sites excluding steroid dienone is 1. The molecule has 1 aliphatic rings. The number of hydrogen-bond donors (Lipinski definition) is 0. The van der Waals surface area contributed by atoms with Crippen LogP contribution >= 0.6 is 30.7 Å². The summed E-state index contributed by atoms with van der Waals surface area (Å²) in [4.78, 5) is 0. The van der Waals surface area contributed by atoms with Crippen LogP contribution in [0.5, 0.6) is 11.5 Å². The molecular formula is C12H15O2PS2. The molecule has 1 heterocycles. The summed E-state index contributed by atoms with van der Waals surface area (Å²) >= 11 is 3.55. The first-order chi connectivity index (χ1) is 8.20. The van der Waals surface area contributed by atoms with E-state index in [1.54, 1.807) is 11.4 Å². The van der Waals surface area contributed by atoms with E-state index in [0.717, 1.165) is 17.3 Å². The van der Waals surface area contributed by atoms with Crippen molar-refractivity contribution in [2.45, 2.75) is 20.8 Å². The molecule has 0 unspecified atom stereocenters. The predicted molar refractivity (Wildman–Crippen MR) is 78.7 cm³/mol. The summed E-state index contributed by atoms with van der Waals surface area (Å²) in [6.45, 7) is 6.42. The average Bonchev–Trinajstić information content (AvgIpc) is 2.70. The number of hydrogen-bond acceptors (Lipinski definition) is 4. The van der Waals surface area contributed by atoms with Crippen molar-refractivity contribution >= 4 is 30.7 Å². The third kappa shape index (κ3) is 3.34. The highest BCUT2D eigenvalue weighted by molar-refractivity contribution is 8.58. The van der Waals surface area contributed by atoms with E-state index in [0.29, 0.717) is 0 Å². The van der Waals surface area contributed by atoms with Crippen molar-refractivity contribution in [3.63, 3.8) is 0 Å². The van der Waals surface area contributed by atoms with Gasteiger partial charge in [-0.05, 0) is 43.1 Å². The Morgan fingerprint density at radius 1 is 1.18 bits per heavy atom. The molecule has 0 saturated carbocycles. The van der Waals surface area contributed by atoms with Crippen LogP contribution in [0, 0.1) is 0 Å². The Morgan fingerprint density at radius 3 is 2.24 bits per heavy atom. The number of rotatable bonds is 4. The normalized spacial score (nSPS) is 13.8. The van der Waals surface area contributed by atoms with E-state index in [1.807, 2.05) is 36.0 Å². The molecule has 2 nitrogen and oxygen atoms in total. The second kappa shape index (κ2) is 6.03. The molecule has 0 atom stereocenters. The van der Waals surface area contributed by atoms with Gasteiger partial charge in [0, 0.05) is 4.24 Å². The molecule has 1 aromatic rings. The Morgan fingerprint density at radius 2 is 1.76 bits per heavy atom. The molecular weight excluding hydrogens is 271 g/mol. The molecule has 1 aromatic carbocycles. The zero-order valence-electron chi connectivity index (χ0n) is 10.1. The highest BCUT2D eigenvalue weighted by Crippen LogP contribution is 2.63. The lowest BCUT2D eigenvalue weighted by atomic mass is 10.3. The van der Waals surface area contributed by atoms with Gasteiger partial charge in [-0.15, -0.1) is 11.8 Å². The Labute approximate surface area is 112 Å². The molecule has 92 valence electrons. The number of para-hydroxylation sites is 2. The maximum absolute atomic E-state index is 5.79. The van der Waals surface area contributed by atoms with Crippen LogP contribution in [0.25, 0.3) is 0 Å². The van der Waals surface area contributed by atoms with Gasteiger partial charge in [-0.2, -0.15) is 0 Å². The monoisotopic (exact) mass is 286 g/mol. The maximum Gasteiger partial charge on any atom is 0.366 e. The first kappa shape index (κ1) is 13.1. The van der Waals surface area contributed by atoms with Crippen LogP contribution < -0.4 is 9.05 Å². The van der Waals surface area contributed by atoms with E-state index in [2.05, 4.69) is 20.8 Å². The van der Waals surface area contributed by atoms with Crippen molar-refractivity contribution in [1.82, 2.24) is 0 Å². The third-order valence-electron chi connectivity index (χ3n) is 2.04. The Kier molecular flexibility index (Phi) is 4.66. The van der Waals surface area contributed by atoms with Crippen LogP contribution in [0.1, 0.15) is 20.8 Å². The van der Waals surface area contributed by atoms with Crippen molar-refractivity contribution in [2.75, 3.05) is 5.75 Å². The standard InChI is InChI=1S/C12H15O2PS2/c1-4-16-12(9(2)3)17-15-13-10-7-5-6-8-11(10)14-15/h5-8H,4H2,1-3H3. The van der Waals surface area contributed by atoms with Gasteiger partial charge in [0.05, 0.1) is 0 Å². The minimum absolute atomic E-state index is 0.862. The number of fused-ring (bicyclic) bond motifs is 1. The fourth-order valence-electron chi connectivity index (χ4n) is 1.28. The van der Waals surface area contributed by atoms with E-state index in [9.17, 15) is 0 Å². The van der Waals surface area contributed by atoms with Crippen LogP contribution in [0.4, 0.5) is 0 Å². The van der Waals surface area contributed by atoms with Gasteiger partial charge in [-0.25, -0.2) is 0 Å². The Balaban J connectivity index is 2.02. The quantitative estimate of drug-likeness (QED) is 0.687. The van der Waals surface area contributed by atoms with E-state index in [1.165, 1.54) is 9.81 Å². The highest BCUT2D eigenvalue weighted by atomic mass is 32.7. The van der Waals surface area contributed by atoms with Gasteiger partial charge in [0.25, 0.3) is 0 Å². The molecule has 5 heteroatoms. The first-order valence-electron chi connectivity index (χ1n) is 5.44. The Bertz CT molecular complexity index is 405. The molecule has 1 aliphatic heterocycles. The fourth-order valence-corrected chi connectivity index (χ4v) is 6.13. The molecule has 0 radical (unpaired) electrons. The Hall–Kier alpha value is -0.310. The SMILES string of the molecule is CCSC(SP1Oc2ccccc2O1)=C(C)C. The molecule has 0 aliphatic carbocycles. The zero-order valence-corrected chi connectivity index (χ0v) is 12.6. The highest BCUT2D eigenvalue weighted by Gasteiger charge is 2.28. The second-order valence-corrected chi connectivity index (χ2v) is 8.04. The van der Waals surface area contributed by atoms with E-state index in [4.69, 9.17) is 9.05 Å². The lowest BCUT2D eigenvalue weighted by molar-refractivity contribution is 0.597. The maximum atomic E-state index is 5.79. The summed E-state index contributed by atoms with van der Waals surface area (Å²) in [5.41, 5.74) is 1.33. The third-order valence-corrected chi connectivity index (χ3v) is 6.83. The smallest absolute Gasteiger partial charge is 0.366 e. The first-order valence-corrected chi connectivity index (χ1v) is 9.02. The molecule has 0 N–H and O–H groups in total. The summed E-state index contributed by atoms with van der Waals surface area (Å²) in [7, 11) is -0.917. The number of benzene rings is 1. The van der Waals surface area contributed by atoms with Crippen molar-refractivity contribution in [3.05, 3.63) is 34.1 Å². The van der Waals surface area contributed by atoms with Crippen LogP contribution in [0.15, 0.2) is 34.1 Å². The van der Waals surface area contributed by atoms with E-state index >= 15 is 0 Å². The summed E-state index contributed by atoms with van der Waals surface area (Å²) in [5, 5.41) is 0. The molecule has 2 rings (SSSR count). The molecule has 0 fully saturated rings. The van der Waals surface area contributed by atoms with Crippen molar-refractivity contribution in [2.24, 2.45) is 0 Å². The van der Waals surface area contributed by atoms with Gasteiger partial charge in [0.2, 0.25) is 0 Å². The lowest BCUT2D eigenvalue weighted by Gasteiger charge is -2.10. The topological polar surface area (TPSA) is 18.5 Å². The van der Waals surface area contributed by atoms with Gasteiger partial charge in [-0.3, -0.25) is 0 Å². The van der Waals surface area contributed by atoms with Crippen LogP contribution in [-0.4, -0.2) is 5.75 Å².